The zero-order valence-corrected chi connectivity index (χ0v) is 13.5. The summed E-state index contributed by atoms with van der Waals surface area (Å²) in [7, 11) is 4.06. The summed E-state index contributed by atoms with van der Waals surface area (Å²) in [5.41, 5.74) is 1.31. The van der Waals surface area contributed by atoms with Gasteiger partial charge < -0.3 is 9.64 Å². The van der Waals surface area contributed by atoms with Crippen LogP contribution in [0.3, 0.4) is 0 Å². The molecule has 2 saturated heterocycles. The van der Waals surface area contributed by atoms with E-state index < -0.39 is 0 Å². The number of nitrogens with zero attached hydrogens (tertiary/aromatic N) is 1. The monoisotopic (exact) mass is 313 g/mol. The normalized spacial score (nSPS) is 33.6. The van der Waals surface area contributed by atoms with E-state index in [0.717, 1.165) is 6.61 Å². The van der Waals surface area contributed by atoms with Crippen molar-refractivity contribution in [2.75, 3.05) is 20.8 Å². The Kier molecular flexibility index (Phi) is 4.28. The van der Waals surface area contributed by atoms with Crippen LogP contribution in [-0.4, -0.2) is 37.7 Å². The van der Waals surface area contributed by atoms with E-state index in [4.69, 9.17) is 27.9 Å². The van der Waals surface area contributed by atoms with E-state index in [1.807, 2.05) is 12.1 Å². The molecule has 110 valence electrons. The van der Waals surface area contributed by atoms with Gasteiger partial charge in [-0.2, -0.15) is 0 Å². The quantitative estimate of drug-likeness (QED) is 0.829. The lowest BCUT2D eigenvalue weighted by Crippen LogP contribution is -2.47. The van der Waals surface area contributed by atoms with Gasteiger partial charge in [-0.1, -0.05) is 29.3 Å². The number of methoxy groups -OCH3 is 1. The van der Waals surface area contributed by atoms with Crippen molar-refractivity contribution in [1.29, 1.82) is 0 Å². The van der Waals surface area contributed by atoms with Gasteiger partial charge in [0.15, 0.2) is 0 Å². The molecule has 0 N–H and O–H groups in total. The van der Waals surface area contributed by atoms with Gasteiger partial charge in [0.1, 0.15) is 0 Å². The molecule has 2 fully saturated rings. The van der Waals surface area contributed by atoms with Gasteiger partial charge in [0.2, 0.25) is 0 Å². The summed E-state index contributed by atoms with van der Waals surface area (Å²) in [6.45, 7) is 0.812. The fourth-order valence-electron chi connectivity index (χ4n) is 4.12. The van der Waals surface area contributed by atoms with Crippen LogP contribution in [-0.2, 0) is 4.74 Å². The molecule has 1 aromatic rings. The van der Waals surface area contributed by atoms with E-state index in [1.165, 1.54) is 24.8 Å². The third-order valence-corrected chi connectivity index (χ3v) is 5.90. The van der Waals surface area contributed by atoms with E-state index in [1.54, 1.807) is 7.11 Å². The first-order chi connectivity index (χ1) is 9.61. The summed E-state index contributed by atoms with van der Waals surface area (Å²) < 4.78 is 5.50. The molecule has 0 aliphatic carbocycles. The number of halogens is 2. The van der Waals surface area contributed by atoms with Crippen molar-refractivity contribution in [3.8, 4) is 0 Å². The summed E-state index contributed by atoms with van der Waals surface area (Å²) >= 11 is 12.2. The van der Waals surface area contributed by atoms with Crippen LogP contribution in [0.15, 0.2) is 18.2 Å². The maximum Gasteiger partial charge on any atom is 0.0595 e. The minimum atomic E-state index is 0.526. The van der Waals surface area contributed by atoms with Gasteiger partial charge in [-0.15, -0.1) is 0 Å². The summed E-state index contributed by atoms with van der Waals surface area (Å²) in [6, 6.07) is 7.43. The Labute approximate surface area is 131 Å². The van der Waals surface area contributed by atoms with Crippen molar-refractivity contribution in [2.45, 2.75) is 37.3 Å². The smallest absolute Gasteiger partial charge is 0.0595 e. The molecule has 0 radical (unpaired) electrons. The van der Waals surface area contributed by atoms with Gasteiger partial charge in [0, 0.05) is 25.1 Å². The van der Waals surface area contributed by atoms with Crippen LogP contribution in [0.25, 0.3) is 0 Å². The standard InChI is InChI=1S/C16H21Cl2NO/c1-19-11-4-6-16(19)13(9-20-2)12(8-11)10-3-5-14(17)15(18)7-10/h3,5,7,11-13,16H,4,6,8-9H2,1-2H3/t11-,12?,13?,16+/m0/s1. The lowest BCUT2D eigenvalue weighted by Gasteiger charge is -2.43. The molecular weight excluding hydrogens is 293 g/mol. The van der Waals surface area contributed by atoms with Crippen molar-refractivity contribution in [2.24, 2.45) is 5.92 Å². The average molecular weight is 314 g/mol. The zero-order chi connectivity index (χ0) is 14.3. The highest BCUT2D eigenvalue weighted by Crippen LogP contribution is 2.46. The Bertz CT molecular complexity index is 493. The Morgan fingerprint density at radius 1 is 1.25 bits per heavy atom. The molecule has 0 spiro atoms. The molecule has 3 rings (SSSR count). The second-order valence-electron chi connectivity index (χ2n) is 6.10. The lowest BCUT2D eigenvalue weighted by atomic mass is 9.76. The number of hydrogen-bond donors (Lipinski definition) is 0. The first-order valence-electron chi connectivity index (χ1n) is 7.27. The molecule has 2 bridgehead atoms. The molecular formula is C16H21Cl2NO. The number of ether oxygens (including phenoxy) is 1. The zero-order valence-electron chi connectivity index (χ0n) is 12.0. The highest BCUT2D eigenvalue weighted by Gasteiger charge is 2.45. The first kappa shape index (κ1) is 14.6. The summed E-state index contributed by atoms with van der Waals surface area (Å²) in [6.07, 6.45) is 3.78. The number of rotatable bonds is 3. The maximum atomic E-state index is 6.20. The third-order valence-electron chi connectivity index (χ3n) is 5.16. The van der Waals surface area contributed by atoms with Gasteiger partial charge in [0.25, 0.3) is 0 Å². The number of hydrogen-bond acceptors (Lipinski definition) is 2. The molecule has 2 nitrogen and oxygen atoms in total. The van der Waals surface area contributed by atoms with E-state index in [0.29, 0.717) is 34.0 Å². The molecule has 4 heteroatoms. The molecule has 2 aliphatic rings. The fourth-order valence-corrected chi connectivity index (χ4v) is 4.43. The van der Waals surface area contributed by atoms with Crippen molar-refractivity contribution in [1.82, 2.24) is 4.90 Å². The molecule has 2 heterocycles. The molecule has 0 amide bonds. The Morgan fingerprint density at radius 2 is 2.05 bits per heavy atom. The van der Waals surface area contributed by atoms with E-state index in [2.05, 4.69) is 18.0 Å². The second-order valence-corrected chi connectivity index (χ2v) is 6.91. The van der Waals surface area contributed by atoms with E-state index in [-0.39, 0.29) is 0 Å². The van der Waals surface area contributed by atoms with E-state index >= 15 is 0 Å². The maximum absolute atomic E-state index is 6.20. The number of fused-ring (bicyclic) bond motifs is 2. The van der Waals surface area contributed by atoms with Gasteiger partial charge in [0.05, 0.1) is 16.7 Å². The van der Waals surface area contributed by atoms with Crippen LogP contribution in [0.5, 0.6) is 0 Å². The Balaban J connectivity index is 1.92. The molecule has 0 aromatic heterocycles. The van der Waals surface area contributed by atoms with Gasteiger partial charge in [-0.05, 0) is 49.9 Å². The van der Waals surface area contributed by atoms with Gasteiger partial charge >= 0.3 is 0 Å². The van der Waals surface area contributed by atoms with Crippen molar-refractivity contribution in [3.05, 3.63) is 33.8 Å². The number of piperidine rings is 1. The first-order valence-corrected chi connectivity index (χ1v) is 8.03. The van der Waals surface area contributed by atoms with Gasteiger partial charge in [-0.3, -0.25) is 0 Å². The highest BCUT2D eigenvalue weighted by atomic mass is 35.5. The third kappa shape index (κ3) is 2.48. The van der Waals surface area contributed by atoms with Crippen molar-refractivity contribution < 1.29 is 4.74 Å². The van der Waals surface area contributed by atoms with Crippen molar-refractivity contribution in [3.63, 3.8) is 0 Å². The number of benzene rings is 1. The van der Waals surface area contributed by atoms with Crippen LogP contribution in [0.4, 0.5) is 0 Å². The summed E-state index contributed by atoms with van der Waals surface area (Å²) in [4.78, 5) is 2.55. The molecule has 2 aliphatic heterocycles. The molecule has 2 unspecified atom stereocenters. The molecule has 1 aromatic carbocycles. The topological polar surface area (TPSA) is 12.5 Å². The largest absolute Gasteiger partial charge is 0.384 e. The Morgan fingerprint density at radius 3 is 2.75 bits per heavy atom. The van der Waals surface area contributed by atoms with Crippen LogP contribution in [0, 0.1) is 5.92 Å². The van der Waals surface area contributed by atoms with Crippen LogP contribution < -0.4 is 0 Å². The second kappa shape index (κ2) is 5.84. The van der Waals surface area contributed by atoms with Crippen LogP contribution in [0.1, 0.15) is 30.7 Å². The fraction of sp³-hybridized carbons (Fsp3) is 0.625. The average Bonchev–Trinajstić information content (AvgIpc) is 2.67. The summed E-state index contributed by atoms with van der Waals surface area (Å²) in [5, 5.41) is 1.29. The Hall–Kier alpha value is -0.280. The lowest BCUT2D eigenvalue weighted by molar-refractivity contribution is 0.0405. The summed E-state index contributed by atoms with van der Waals surface area (Å²) in [5.74, 6) is 1.07. The van der Waals surface area contributed by atoms with Crippen LogP contribution >= 0.6 is 23.2 Å². The molecule has 4 atom stereocenters. The minimum absolute atomic E-state index is 0.526. The van der Waals surface area contributed by atoms with Crippen molar-refractivity contribution >= 4 is 23.2 Å². The molecule has 0 saturated carbocycles. The minimum Gasteiger partial charge on any atom is -0.384 e. The highest BCUT2D eigenvalue weighted by molar-refractivity contribution is 6.42. The predicted molar refractivity (Wildman–Crippen MR) is 83.8 cm³/mol. The SMILES string of the molecule is COCC1C(c2ccc(Cl)c(Cl)c2)C[C@@H]2CC[C@H]1N2C. The van der Waals surface area contributed by atoms with E-state index in [9.17, 15) is 0 Å². The van der Waals surface area contributed by atoms with Gasteiger partial charge in [-0.25, -0.2) is 0 Å². The predicted octanol–water partition coefficient (Wildman–Crippen LogP) is 4.21. The molecule has 20 heavy (non-hydrogen) atoms. The van der Waals surface area contributed by atoms with Crippen LogP contribution in [0.2, 0.25) is 10.0 Å².